The zero-order valence-corrected chi connectivity index (χ0v) is 15.7. The molecular formula is C19H30N4O3. The molecule has 1 N–H and O–H groups in total. The third kappa shape index (κ3) is 5.59. The molecule has 0 atom stereocenters. The molecule has 1 aromatic rings. The zero-order chi connectivity index (χ0) is 18.2. The van der Waals surface area contributed by atoms with Crippen molar-refractivity contribution >= 4 is 11.7 Å². The van der Waals surface area contributed by atoms with Gasteiger partial charge in [-0.3, -0.25) is 9.80 Å². The minimum atomic E-state index is -0.0259. The SMILES string of the molecule is CCOc1ccc(NC(=O)N2CCN(CCN3CCOCC3)CC2)cc1. The Morgan fingerprint density at radius 3 is 2.23 bits per heavy atom. The number of ether oxygens (including phenoxy) is 2. The molecule has 1 aromatic carbocycles. The van der Waals surface area contributed by atoms with Gasteiger partial charge in [-0.1, -0.05) is 0 Å². The number of nitrogens with zero attached hydrogens (tertiary/aromatic N) is 3. The maximum atomic E-state index is 12.4. The topological polar surface area (TPSA) is 57.3 Å². The molecule has 0 spiro atoms. The van der Waals surface area contributed by atoms with Gasteiger partial charge in [-0.15, -0.1) is 0 Å². The fourth-order valence-electron chi connectivity index (χ4n) is 3.29. The highest BCUT2D eigenvalue weighted by Crippen LogP contribution is 2.16. The number of anilines is 1. The van der Waals surface area contributed by atoms with Gasteiger partial charge in [0, 0.05) is 58.0 Å². The predicted molar refractivity (Wildman–Crippen MR) is 102 cm³/mol. The molecular weight excluding hydrogens is 332 g/mol. The molecule has 0 saturated carbocycles. The molecule has 0 radical (unpaired) electrons. The van der Waals surface area contributed by atoms with Crippen LogP contribution in [0.5, 0.6) is 5.75 Å². The predicted octanol–water partition coefficient (Wildman–Crippen LogP) is 1.57. The van der Waals surface area contributed by atoms with Gasteiger partial charge in [0.15, 0.2) is 0 Å². The first-order chi connectivity index (χ1) is 12.7. The van der Waals surface area contributed by atoms with Gasteiger partial charge < -0.3 is 19.7 Å². The van der Waals surface area contributed by atoms with Crippen molar-refractivity contribution in [2.24, 2.45) is 0 Å². The maximum Gasteiger partial charge on any atom is 0.321 e. The summed E-state index contributed by atoms with van der Waals surface area (Å²) in [6, 6.07) is 7.48. The fourth-order valence-corrected chi connectivity index (χ4v) is 3.29. The number of carbonyl (C=O) groups excluding carboxylic acids is 1. The van der Waals surface area contributed by atoms with Crippen molar-refractivity contribution in [2.75, 3.05) is 77.5 Å². The van der Waals surface area contributed by atoms with Crippen LogP contribution in [0, 0.1) is 0 Å². The second kappa shape index (κ2) is 9.75. The van der Waals surface area contributed by atoms with E-state index in [1.165, 1.54) is 0 Å². The van der Waals surface area contributed by atoms with Gasteiger partial charge >= 0.3 is 6.03 Å². The summed E-state index contributed by atoms with van der Waals surface area (Å²) in [5.74, 6) is 0.819. The molecule has 144 valence electrons. The molecule has 2 amide bonds. The number of amides is 2. The molecule has 0 aliphatic carbocycles. The summed E-state index contributed by atoms with van der Waals surface area (Å²) >= 11 is 0. The number of nitrogens with one attached hydrogen (secondary N) is 1. The van der Waals surface area contributed by atoms with E-state index in [4.69, 9.17) is 9.47 Å². The number of rotatable bonds is 6. The lowest BCUT2D eigenvalue weighted by Crippen LogP contribution is -2.51. The van der Waals surface area contributed by atoms with E-state index in [2.05, 4.69) is 15.1 Å². The quantitative estimate of drug-likeness (QED) is 0.832. The monoisotopic (exact) mass is 362 g/mol. The van der Waals surface area contributed by atoms with Crippen molar-refractivity contribution in [1.82, 2.24) is 14.7 Å². The van der Waals surface area contributed by atoms with Gasteiger partial charge in [0.25, 0.3) is 0 Å². The van der Waals surface area contributed by atoms with E-state index in [1.54, 1.807) is 0 Å². The van der Waals surface area contributed by atoms with Crippen molar-refractivity contribution in [2.45, 2.75) is 6.92 Å². The van der Waals surface area contributed by atoms with Gasteiger partial charge in [-0.05, 0) is 31.2 Å². The van der Waals surface area contributed by atoms with E-state index >= 15 is 0 Å². The number of benzene rings is 1. The van der Waals surface area contributed by atoms with Crippen LogP contribution in [0.15, 0.2) is 24.3 Å². The van der Waals surface area contributed by atoms with Crippen molar-refractivity contribution < 1.29 is 14.3 Å². The van der Waals surface area contributed by atoms with Gasteiger partial charge in [-0.25, -0.2) is 4.79 Å². The lowest BCUT2D eigenvalue weighted by Gasteiger charge is -2.36. The molecule has 2 aliphatic heterocycles. The zero-order valence-electron chi connectivity index (χ0n) is 15.7. The molecule has 7 heteroatoms. The van der Waals surface area contributed by atoms with Crippen molar-refractivity contribution in [1.29, 1.82) is 0 Å². The van der Waals surface area contributed by atoms with Crippen LogP contribution in [0.2, 0.25) is 0 Å². The Balaban J connectivity index is 1.37. The summed E-state index contributed by atoms with van der Waals surface area (Å²) in [6.45, 7) is 11.9. The number of hydrogen-bond donors (Lipinski definition) is 1. The summed E-state index contributed by atoms with van der Waals surface area (Å²) < 4.78 is 10.8. The highest BCUT2D eigenvalue weighted by molar-refractivity contribution is 5.89. The lowest BCUT2D eigenvalue weighted by molar-refractivity contribution is 0.0311. The van der Waals surface area contributed by atoms with Crippen LogP contribution >= 0.6 is 0 Å². The standard InChI is InChI=1S/C19H30N4O3/c1-2-26-18-5-3-17(4-6-18)20-19(24)23-11-9-21(10-12-23)7-8-22-13-15-25-16-14-22/h3-6H,2,7-16H2,1H3,(H,20,24). The first-order valence-electron chi connectivity index (χ1n) is 9.56. The average Bonchev–Trinajstić information content (AvgIpc) is 2.69. The molecule has 2 heterocycles. The third-order valence-electron chi connectivity index (χ3n) is 4.91. The lowest BCUT2D eigenvalue weighted by atomic mass is 10.3. The summed E-state index contributed by atoms with van der Waals surface area (Å²) in [7, 11) is 0. The van der Waals surface area contributed by atoms with Gasteiger partial charge in [-0.2, -0.15) is 0 Å². The Labute approximate surface area is 155 Å². The van der Waals surface area contributed by atoms with Crippen LogP contribution in [0.1, 0.15) is 6.92 Å². The molecule has 7 nitrogen and oxygen atoms in total. The minimum absolute atomic E-state index is 0.0259. The Morgan fingerprint density at radius 2 is 1.62 bits per heavy atom. The fraction of sp³-hybridized carbons (Fsp3) is 0.632. The van der Waals surface area contributed by atoms with E-state index in [1.807, 2.05) is 36.1 Å². The highest BCUT2D eigenvalue weighted by Gasteiger charge is 2.21. The van der Waals surface area contributed by atoms with Crippen LogP contribution < -0.4 is 10.1 Å². The first kappa shape index (κ1) is 18.9. The average molecular weight is 362 g/mol. The molecule has 2 saturated heterocycles. The molecule has 2 fully saturated rings. The number of piperazine rings is 1. The molecule has 0 unspecified atom stereocenters. The van der Waals surface area contributed by atoms with Gasteiger partial charge in [0.05, 0.1) is 19.8 Å². The third-order valence-corrected chi connectivity index (χ3v) is 4.91. The van der Waals surface area contributed by atoms with E-state index in [0.717, 1.165) is 77.0 Å². The normalized spacial score (nSPS) is 19.3. The second-order valence-electron chi connectivity index (χ2n) is 6.67. The molecule has 26 heavy (non-hydrogen) atoms. The molecule has 2 aliphatic rings. The first-order valence-corrected chi connectivity index (χ1v) is 9.56. The summed E-state index contributed by atoms with van der Waals surface area (Å²) in [5, 5.41) is 2.97. The molecule has 3 rings (SSSR count). The van der Waals surface area contributed by atoms with E-state index in [0.29, 0.717) is 6.61 Å². The van der Waals surface area contributed by atoms with Crippen LogP contribution in [0.4, 0.5) is 10.5 Å². The Hall–Kier alpha value is -1.83. The Morgan fingerprint density at radius 1 is 1.00 bits per heavy atom. The summed E-state index contributed by atoms with van der Waals surface area (Å²) in [4.78, 5) is 19.2. The molecule has 0 aromatic heterocycles. The van der Waals surface area contributed by atoms with Crippen molar-refractivity contribution in [3.8, 4) is 5.75 Å². The smallest absolute Gasteiger partial charge is 0.321 e. The molecule has 0 bridgehead atoms. The van der Waals surface area contributed by atoms with Crippen molar-refractivity contribution in [3.05, 3.63) is 24.3 Å². The van der Waals surface area contributed by atoms with E-state index < -0.39 is 0 Å². The maximum absolute atomic E-state index is 12.4. The number of morpholine rings is 1. The van der Waals surface area contributed by atoms with Gasteiger partial charge in [0.2, 0.25) is 0 Å². The largest absolute Gasteiger partial charge is 0.494 e. The van der Waals surface area contributed by atoms with E-state index in [9.17, 15) is 4.79 Å². The minimum Gasteiger partial charge on any atom is -0.494 e. The van der Waals surface area contributed by atoms with Crippen molar-refractivity contribution in [3.63, 3.8) is 0 Å². The summed E-state index contributed by atoms with van der Waals surface area (Å²) in [6.07, 6.45) is 0. The number of urea groups is 1. The number of hydrogen-bond acceptors (Lipinski definition) is 5. The van der Waals surface area contributed by atoms with Crippen LogP contribution in [-0.2, 0) is 4.74 Å². The Bertz CT molecular complexity index is 552. The van der Waals surface area contributed by atoms with Crippen LogP contribution in [0.3, 0.4) is 0 Å². The summed E-state index contributed by atoms with van der Waals surface area (Å²) in [5.41, 5.74) is 0.799. The van der Waals surface area contributed by atoms with Crippen LogP contribution in [0.25, 0.3) is 0 Å². The van der Waals surface area contributed by atoms with Gasteiger partial charge in [0.1, 0.15) is 5.75 Å². The number of carbonyl (C=O) groups is 1. The Kier molecular flexibility index (Phi) is 7.11. The van der Waals surface area contributed by atoms with Crippen LogP contribution in [-0.4, -0.2) is 92.9 Å². The highest BCUT2D eigenvalue weighted by atomic mass is 16.5. The second-order valence-corrected chi connectivity index (χ2v) is 6.67. The van der Waals surface area contributed by atoms with E-state index in [-0.39, 0.29) is 6.03 Å².